The highest BCUT2D eigenvalue weighted by molar-refractivity contribution is 7.88. The average molecular weight is 224 g/mol. The summed E-state index contributed by atoms with van der Waals surface area (Å²) < 4.78 is 11.8. The summed E-state index contributed by atoms with van der Waals surface area (Å²) in [7, 11) is -1.16. The smallest absolute Gasteiger partial charge is 0.0776 e. The summed E-state index contributed by atoms with van der Waals surface area (Å²) >= 11 is 0. The molecule has 0 aliphatic heterocycles. The summed E-state index contributed by atoms with van der Waals surface area (Å²) in [6.45, 7) is 5.43. The van der Waals surface area contributed by atoms with Crippen LogP contribution >= 0.6 is 0 Å². The molecule has 15 heavy (non-hydrogen) atoms. The van der Waals surface area contributed by atoms with Crippen LogP contribution in [0, 0.1) is 6.92 Å². The standard InChI is InChI=1S/C12H16O2S/c1-9-4-6-12(7-5-9)15(14)8-10(2)11(3)13/h4-8,11,13H,1-3H3/b10-8-/t11-,15-/m1/s1. The van der Waals surface area contributed by atoms with E-state index in [1.54, 1.807) is 19.3 Å². The molecule has 3 heteroatoms. The Kier molecular flexibility index (Phi) is 4.24. The number of aliphatic hydroxyl groups excluding tert-OH is 1. The number of aryl methyl sites for hydroxylation is 1. The van der Waals surface area contributed by atoms with Gasteiger partial charge in [-0.15, -0.1) is 0 Å². The van der Waals surface area contributed by atoms with Crippen molar-refractivity contribution in [3.63, 3.8) is 0 Å². The Morgan fingerprint density at radius 2 is 1.93 bits per heavy atom. The summed E-state index contributed by atoms with van der Waals surface area (Å²) in [5.74, 6) is 0. The molecule has 1 aromatic rings. The summed E-state index contributed by atoms with van der Waals surface area (Å²) in [5.41, 5.74) is 1.88. The van der Waals surface area contributed by atoms with Crippen molar-refractivity contribution in [3.8, 4) is 0 Å². The number of hydrogen-bond donors (Lipinski definition) is 1. The second-order valence-electron chi connectivity index (χ2n) is 3.65. The Morgan fingerprint density at radius 3 is 2.40 bits per heavy atom. The van der Waals surface area contributed by atoms with Crippen LogP contribution in [-0.2, 0) is 10.8 Å². The summed E-state index contributed by atoms with van der Waals surface area (Å²) in [6.07, 6.45) is -0.542. The Bertz CT molecular complexity index is 377. The second-order valence-corrected chi connectivity index (χ2v) is 4.95. The number of rotatable bonds is 3. The van der Waals surface area contributed by atoms with Crippen molar-refractivity contribution in [1.29, 1.82) is 0 Å². The lowest BCUT2D eigenvalue weighted by Gasteiger charge is -2.04. The van der Waals surface area contributed by atoms with Crippen molar-refractivity contribution >= 4 is 10.8 Å². The molecule has 1 aromatic carbocycles. The predicted octanol–water partition coefficient (Wildman–Crippen LogP) is 2.39. The van der Waals surface area contributed by atoms with Crippen LogP contribution in [0.5, 0.6) is 0 Å². The molecule has 0 aromatic heterocycles. The van der Waals surface area contributed by atoms with E-state index in [9.17, 15) is 9.32 Å². The van der Waals surface area contributed by atoms with Crippen LogP contribution in [0.4, 0.5) is 0 Å². The summed E-state index contributed by atoms with van der Waals surface area (Å²) in [5, 5.41) is 10.9. The molecule has 0 amide bonds. The molecular weight excluding hydrogens is 208 g/mol. The molecule has 1 rings (SSSR count). The zero-order valence-electron chi connectivity index (χ0n) is 9.23. The van der Waals surface area contributed by atoms with Gasteiger partial charge in [0.2, 0.25) is 0 Å². The lowest BCUT2D eigenvalue weighted by molar-refractivity contribution is 0.232. The molecule has 0 aliphatic rings. The third-order valence-electron chi connectivity index (χ3n) is 2.21. The normalized spacial score (nSPS) is 16.1. The number of benzene rings is 1. The van der Waals surface area contributed by atoms with E-state index in [1.807, 2.05) is 31.2 Å². The maximum Gasteiger partial charge on any atom is 0.0776 e. The summed E-state index contributed by atoms with van der Waals surface area (Å²) in [6, 6.07) is 7.55. The van der Waals surface area contributed by atoms with Gasteiger partial charge in [0.05, 0.1) is 16.9 Å². The zero-order chi connectivity index (χ0) is 11.4. The molecule has 0 radical (unpaired) electrons. The minimum Gasteiger partial charge on any atom is -0.389 e. The third kappa shape index (κ3) is 3.61. The van der Waals surface area contributed by atoms with E-state index < -0.39 is 16.9 Å². The largest absolute Gasteiger partial charge is 0.389 e. The van der Waals surface area contributed by atoms with Crippen molar-refractivity contribution in [3.05, 3.63) is 40.8 Å². The number of hydrogen-bond acceptors (Lipinski definition) is 2. The molecule has 0 saturated carbocycles. The fourth-order valence-electron chi connectivity index (χ4n) is 1.01. The van der Waals surface area contributed by atoms with E-state index in [-0.39, 0.29) is 0 Å². The first kappa shape index (κ1) is 12.1. The van der Waals surface area contributed by atoms with E-state index in [0.29, 0.717) is 0 Å². The van der Waals surface area contributed by atoms with Crippen LogP contribution in [0.1, 0.15) is 19.4 Å². The molecule has 0 unspecified atom stereocenters. The van der Waals surface area contributed by atoms with E-state index >= 15 is 0 Å². The molecule has 0 aliphatic carbocycles. The first-order valence-corrected chi connectivity index (χ1v) is 6.05. The van der Waals surface area contributed by atoms with Gasteiger partial charge in [0, 0.05) is 10.3 Å². The molecule has 1 N–H and O–H groups in total. The van der Waals surface area contributed by atoms with Crippen LogP contribution in [0.3, 0.4) is 0 Å². The fraction of sp³-hybridized carbons (Fsp3) is 0.333. The van der Waals surface area contributed by atoms with Crippen LogP contribution in [0.15, 0.2) is 40.1 Å². The Morgan fingerprint density at radius 1 is 1.40 bits per heavy atom. The van der Waals surface area contributed by atoms with Gasteiger partial charge in [0.25, 0.3) is 0 Å². The third-order valence-corrected chi connectivity index (χ3v) is 3.53. The highest BCUT2D eigenvalue weighted by atomic mass is 32.2. The molecule has 0 fully saturated rings. The SMILES string of the molecule is C/C(=C/[S@@](=O)c1ccc(C)cc1)[C@@H](C)O. The molecule has 2 nitrogen and oxygen atoms in total. The van der Waals surface area contributed by atoms with Gasteiger partial charge in [0.1, 0.15) is 0 Å². The first-order chi connectivity index (χ1) is 7.00. The van der Waals surface area contributed by atoms with Gasteiger partial charge in [-0.3, -0.25) is 0 Å². The van der Waals surface area contributed by atoms with E-state index in [2.05, 4.69) is 0 Å². The predicted molar refractivity (Wildman–Crippen MR) is 63.0 cm³/mol. The van der Waals surface area contributed by atoms with Crippen molar-refractivity contribution in [2.24, 2.45) is 0 Å². The van der Waals surface area contributed by atoms with Crippen molar-refractivity contribution in [1.82, 2.24) is 0 Å². The molecule has 0 bridgehead atoms. The van der Waals surface area contributed by atoms with E-state index in [4.69, 9.17) is 0 Å². The van der Waals surface area contributed by atoms with Crippen LogP contribution < -0.4 is 0 Å². The molecule has 0 heterocycles. The monoisotopic (exact) mass is 224 g/mol. The van der Waals surface area contributed by atoms with Gasteiger partial charge >= 0.3 is 0 Å². The number of aliphatic hydroxyl groups is 1. The topological polar surface area (TPSA) is 37.3 Å². The minimum atomic E-state index is -1.16. The highest BCUT2D eigenvalue weighted by Crippen LogP contribution is 2.12. The van der Waals surface area contributed by atoms with Gasteiger partial charge in [0.15, 0.2) is 0 Å². The molecular formula is C12H16O2S. The van der Waals surface area contributed by atoms with E-state index in [1.165, 1.54) is 0 Å². The molecule has 0 spiro atoms. The van der Waals surface area contributed by atoms with Gasteiger partial charge < -0.3 is 5.11 Å². The Balaban J connectivity index is 2.86. The average Bonchev–Trinajstić information content (AvgIpc) is 2.18. The highest BCUT2D eigenvalue weighted by Gasteiger charge is 2.03. The lowest BCUT2D eigenvalue weighted by atomic mass is 10.2. The van der Waals surface area contributed by atoms with Crippen molar-refractivity contribution < 1.29 is 9.32 Å². The van der Waals surface area contributed by atoms with Gasteiger partial charge in [-0.1, -0.05) is 17.7 Å². The first-order valence-electron chi connectivity index (χ1n) is 4.84. The van der Waals surface area contributed by atoms with Crippen LogP contribution in [0.25, 0.3) is 0 Å². The van der Waals surface area contributed by atoms with Crippen LogP contribution in [-0.4, -0.2) is 15.4 Å². The molecule has 2 atom stereocenters. The maximum absolute atomic E-state index is 11.8. The molecule has 82 valence electrons. The van der Waals surface area contributed by atoms with Gasteiger partial charge in [-0.2, -0.15) is 0 Å². The van der Waals surface area contributed by atoms with Crippen molar-refractivity contribution in [2.75, 3.05) is 0 Å². The quantitative estimate of drug-likeness (QED) is 0.856. The van der Waals surface area contributed by atoms with Crippen molar-refractivity contribution in [2.45, 2.75) is 31.8 Å². The van der Waals surface area contributed by atoms with Crippen LogP contribution in [0.2, 0.25) is 0 Å². The van der Waals surface area contributed by atoms with Gasteiger partial charge in [-0.05, 0) is 38.5 Å². The Hall–Kier alpha value is -0.930. The minimum absolute atomic E-state index is 0.542. The summed E-state index contributed by atoms with van der Waals surface area (Å²) in [4.78, 5) is 0.764. The maximum atomic E-state index is 11.8. The van der Waals surface area contributed by atoms with Gasteiger partial charge in [-0.25, -0.2) is 4.21 Å². The lowest BCUT2D eigenvalue weighted by Crippen LogP contribution is -2.02. The molecule has 0 saturated heterocycles. The fourth-order valence-corrected chi connectivity index (χ4v) is 2.08. The Labute approximate surface area is 93.1 Å². The zero-order valence-corrected chi connectivity index (χ0v) is 10.0. The van der Waals surface area contributed by atoms with E-state index in [0.717, 1.165) is 16.0 Å². The second kappa shape index (κ2) is 5.24.